The van der Waals surface area contributed by atoms with E-state index in [1.54, 1.807) is 0 Å². The van der Waals surface area contributed by atoms with Gasteiger partial charge in [-0.05, 0) is 105 Å². The Kier molecular flexibility index (Phi) is 9.92. The largest absolute Gasteiger partial charge is 0.490 e. The number of amides is 1. The molecule has 12 heteroatoms. The molecule has 3 aromatic carbocycles. The Morgan fingerprint density at radius 3 is 2.23 bits per heavy atom. The molecule has 9 nitrogen and oxygen atoms in total. The highest BCUT2D eigenvalue weighted by Crippen LogP contribution is 2.31. The van der Waals surface area contributed by atoms with Gasteiger partial charge in [0.05, 0.1) is 5.52 Å². The number of aliphatic carboxylic acids is 1. The van der Waals surface area contributed by atoms with E-state index in [0.29, 0.717) is 18.1 Å². The predicted molar refractivity (Wildman–Crippen MR) is 158 cm³/mol. The van der Waals surface area contributed by atoms with Gasteiger partial charge in [-0.25, -0.2) is 9.78 Å². The minimum atomic E-state index is -5.08. The lowest BCUT2D eigenvalue weighted by molar-refractivity contribution is -0.192. The second kappa shape index (κ2) is 13.6. The summed E-state index contributed by atoms with van der Waals surface area (Å²) in [7, 11) is 0. The molecule has 0 radical (unpaired) electrons. The van der Waals surface area contributed by atoms with Crippen molar-refractivity contribution < 1.29 is 27.9 Å². The molecule has 5 rings (SSSR count). The molecule has 226 valence electrons. The van der Waals surface area contributed by atoms with Gasteiger partial charge in [0.25, 0.3) is 5.91 Å². The summed E-state index contributed by atoms with van der Waals surface area (Å²) in [5, 5.41) is 22.1. The number of carboxylic acids is 1. The van der Waals surface area contributed by atoms with Crippen molar-refractivity contribution in [2.24, 2.45) is 0 Å². The summed E-state index contributed by atoms with van der Waals surface area (Å²) in [6.07, 6.45) is -2.58. The number of hydrogen-bond donors (Lipinski definition) is 3. The fourth-order valence-electron chi connectivity index (χ4n) is 4.98. The number of nitrogens with one attached hydrogen (secondary N) is 2. The third kappa shape index (κ3) is 8.25. The highest BCUT2D eigenvalue weighted by molar-refractivity contribution is 5.95. The Bertz CT molecular complexity index is 1600. The normalized spacial score (nSPS) is 13.3. The maximum atomic E-state index is 12.6. The van der Waals surface area contributed by atoms with E-state index in [0.717, 1.165) is 47.5 Å². The standard InChI is InChI=1S/C29H32N6O.C2HF3O2/c1-19-8-6-9-20(2)26(19)23-16-21(3)27-25(18-23)33-34-29(32-27)31-24-11-7-10-22(17-24)28(36)30-12-15-35-13-4-5-14-35;3-2(4,5)1(6)7/h6-11,16-18H,4-5,12-15H2,1-3H3,(H,30,36)(H,31,32,34);(H,6,7). The van der Waals surface area contributed by atoms with E-state index < -0.39 is 12.1 Å². The maximum Gasteiger partial charge on any atom is 0.490 e. The molecule has 3 N–H and O–H groups in total. The summed E-state index contributed by atoms with van der Waals surface area (Å²) in [5.41, 5.74) is 8.74. The topological polar surface area (TPSA) is 120 Å². The van der Waals surface area contributed by atoms with Crippen LogP contribution in [0.25, 0.3) is 22.2 Å². The van der Waals surface area contributed by atoms with Crippen LogP contribution in [0.4, 0.5) is 24.8 Å². The number of nitrogens with zero attached hydrogens (tertiary/aromatic N) is 4. The number of alkyl halides is 3. The Morgan fingerprint density at radius 1 is 0.930 bits per heavy atom. The zero-order chi connectivity index (χ0) is 31.1. The lowest BCUT2D eigenvalue weighted by Crippen LogP contribution is -2.33. The molecule has 1 aliphatic heterocycles. The summed E-state index contributed by atoms with van der Waals surface area (Å²) in [4.78, 5) is 28.6. The fourth-order valence-corrected chi connectivity index (χ4v) is 4.98. The van der Waals surface area contributed by atoms with Gasteiger partial charge in [-0.2, -0.15) is 13.2 Å². The van der Waals surface area contributed by atoms with Gasteiger partial charge >= 0.3 is 12.1 Å². The van der Waals surface area contributed by atoms with Gasteiger partial charge < -0.3 is 20.6 Å². The summed E-state index contributed by atoms with van der Waals surface area (Å²) in [6.45, 7) is 10.1. The summed E-state index contributed by atoms with van der Waals surface area (Å²) in [5.74, 6) is -2.44. The number of aromatic nitrogens is 3. The van der Waals surface area contributed by atoms with Crippen molar-refractivity contribution in [2.45, 2.75) is 39.8 Å². The molecule has 1 aromatic heterocycles. The minimum Gasteiger partial charge on any atom is -0.475 e. The number of rotatable bonds is 7. The van der Waals surface area contributed by atoms with E-state index in [1.807, 2.05) is 31.2 Å². The average Bonchev–Trinajstić information content (AvgIpc) is 3.47. The Balaban J connectivity index is 0.000000541. The molecule has 2 heterocycles. The molecule has 0 bridgehead atoms. The van der Waals surface area contributed by atoms with Crippen LogP contribution in [0.1, 0.15) is 39.9 Å². The van der Waals surface area contributed by atoms with E-state index in [1.165, 1.54) is 29.5 Å². The number of carbonyl (C=O) groups is 2. The molecular formula is C31H33F3N6O3. The molecule has 1 amide bonds. The number of anilines is 2. The maximum absolute atomic E-state index is 12.6. The molecule has 0 saturated carbocycles. The lowest BCUT2D eigenvalue weighted by Gasteiger charge is -2.15. The van der Waals surface area contributed by atoms with Crippen LogP contribution in [0.2, 0.25) is 0 Å². The van der Waals surface area contributed by atoms with Crippen molar-refractivity contribution in [3.05, 3.63) is 76.9 Å². The van der Waals surface area contributed by atoms with Crippen LogP contribution in [0.3, 0.4) is 0 Å². The van der Waals surface area contributed by atoms with E-state index in [-0.39, 0.29) is 5.91 Å². The lowest BCUT2D eigenvalue weighted by atomic mass is 9.94. The molecule has 4 aromatic rings. The van der Waals surface area contributed by atoms with Gasteiger partial charge in [0.2, 0.25) is 5.95 Å². The molecular weight excluding hydrogens is 561 g/mol. The van der Waals surface area contributed by atoms with Crippen LogP contribution in [-0.2, 0) is 4.79 Å². The van der Waals surface area contributed by atoms with Crippen LogP contribution in [-0.4, -0.2) is 69.4 Å². The average molecular weight is 595 g/mol. The van der Waals surface area contributed by atoms with Gasteiger partial charge in [-0.1, -0.05) is 24.3 Å². The minimum absolute atomic E-state index is 0.0784. The van der Waals surface area contributed by atoms with Gasteiger partial charge in [0.1, 0.15) is 5.52 Å². The van der Waals surface area contributed by atoms with E-state index in [9.17, 15) is 18.0 Å². The van der Waals surface area contributed by atoms with Gasteiger partial charge in [-0.3, -0.25) is 4.79 Å². The number of benzene rings is 3. The SMILES string of the molecule is Cc1cccc(C)c1-c1cc(C)c2nc(Nc3cccc(C(=O)NCCN4CCCC4)c3)nnc2c1.O=C(O)C(F)(F)F. The monoisotopic (exact) mass is 594 g/mol. The first-order chi connectivity index (χ1) is 20.4. The van der Waals surface area contributed by atoms with Crippen LogP contribution >= 0.6 is 0 Å². The number of aryl methyl sites for hydroxylation is 3. The molecule has 0 atom stereocenters. The molecule has 1 fully saturated rings. The summed E-state index contributed by atoms with van der Waals surface area (Å²) >= 11 is 0. The van der Waals surface area contributed by atoms with Crippen LogP contribution in [0, 0.1) is 20.8 Å². The second-order valence-corrected chi connectivity index (χ2v) is 10.4. The molecule has 1 saturated heterocycles. The fraction of sp³-hybridized carbons (Fsp3) is 0.323. The third-order valence-electron chi connectivity index (χ3n) is 7.06. The Morgan fingerprint density at radius 2 is 1.58 bits per heavy atom. The quantitative estimate of drug-likeness (QED) is 0.245. The van der Waals surface area contributed by atoms with E-state index >= 15 is 0 Å². The van der Waals surface area contributed by atoms with Crippen LogP contribution < -0.4 is 10.6 Å². The predicted octanol–water partition coefficient (Wildman–Crippen LogP) is 5.82. The van der Waals surface area contributed by atoms with Crippen LogP contribution in [0.15, 0.2) is 54.6 Å². The number of halogens is 3. The van der Waals surface area contributed by atoms with Crippen molar-refractivity contribution in [3.63, 3.8) is 0 Å². The van der Waals surface area contributed by atoms with Crippen molar-refractivity contribution in [1.29, 1.82) is 0 Å². The molecule has 0 aliphatic carbocycles. The highest BCUT2D eigenvalue weighted by atomic mass is 19.4. The van der Waals surface area contributed by atoms with E-state index in [4.69, 9.17) is 14.9 Å². The first kappa shape index (κ1) is 31.4. The van der Waals surface area contributed by atoms with Crippen molar-refractivity contribution >= 4 is 34.5 Å². The first-order valence-corrected chi connectivity index (χ1v) is 13.8. The summed E-state index contributed by atoms with van der Waals surface area (Å²) in [6, 6.07) is 17.9. The zero-order valence-corrected chi connectivity index (χ0v) is 24.1. The number of hydrogen-bond acceptors (Lipinski definition) is 7. The van der Waals surface area contributed by atoms with Gasteiger partial charge in [-0.15, -0.1) is 10.2 Å². The highest BCUT2D eigenvalue weighted by Gasteiger charge is 2.38. The number of carbonyl (C=O) groups excluding carboxylic acids is 1. The second-order valence-electron chi connectivity index (χ2n) is 10.4. The molecule has 43 heavy (non-hydrogen) atoms. The number of carboxylic acid groups (broad SMARTS) is 1. The number of likely N-dealkylation sites (tertiary alicyclic amines) is 1. The Labute approximate surface area is 247 Å². The summed E-state index contributed by atoms with van der Waals surface area (Å²) < 4.78 is 31.7. The van der Waals surface area contributed by atoms with Crippen molar-refractivity contribution in [2.75, 3.05) is 31.5 Å². The van der Waals surface area contributed by atoms with Gasteiger partial charge in [0, 0.05) is 24.3 Å². The molecule has 0 spiro atoms. The first-order valence-electron chi connectivity index (χ1n) is 13.8. The van der Waals surface area contributed by atoms with Crippen molar-refractivity contribution in [1.82, 2.24) is 25.4 Å². The van der Waals surface area contributed by atoms with Crippen molar-refractivity contribution in [3.8, 4) is 11.1 Å². The smallest absolute Gasteiger partial charge is 0.475 e. The molecule has 0 unspecified atom stereocenters. The molecule has 1 aliphatic rings. The Hall–Kier alpha value is -4.58. The van der Waals surface area contributed by atoms with Crippen LogP contribution in [0.5, 0.6) is 0 Å². The third-order valence-corrected chi connectivity index (χ3v) is 7.06. The number of fused-ring (bicyclic) bond motifs is 1. The van der Waals surface area contributed by atoms with Gasteiger partial charge in [0.15, 0.2) is 0 Å². The van der Waals surface area contributed by atoms with E-state index in [2.05, 4.69) is 69.9 Å². The zero-order valence-electron chi connectivity index (χ0n) is 24.1.